The lowest BCUT2D eigenvalue weighted by atomic mass is 10.0. The largest absolute Gasteiger partial charge is 0.325 e. The van der Waals surface area contributed by atoms with E-state index >= 15 is 0 Å². The molecule has 2 heterocycles. The van der Waals surface area contributed by atoms with Crippen LogP contribution < -0.4 is 10.6 Å². The summed E-state index contributed by atoms with van der Waals surface area (Å²) in [5, 5.41) is 8.80. The molecular weight excluding hydrogens is 344 g/mol. The van der Waals surface area contributed by atoms with Gasteiger partial charge in [0.05, 0.1) is 12.1 Å². The first-order valence-corrected chi connectivity index (χ1v) is 9.42. The Labute approximate surface area is 157 Å². The van der Waals surface area contributed by atoms with Crippen LogP contribution in [0.5, 0.6) is 0 Å². The highest BCUT2D eigenvalue weighted by atomic mass is 32.1. The minimum absolute atomic E-state index is 0.0661. The van der Waals surface area contributed by atoms with Crippen molar-refractivity contribution in [3.63, 3.8) is 0 Å². The topological polar surface area (TPSA) is 66.9 Å². The van der Waals surface area contributed by atoms with E-state index in [-0.39, 0.29) is 12.3 Å². The summed E-state index contributed by atoms with van der Waals surface area (Å²) in [6.45, 7) is 6.24. The lowest BCUT2D eigenvalue weighted by Gasteiger charge is -2.13. The van der Waals surface area contributed by atoms with Crippen molar-refractivity contribution in [2.24, 2.45) is 0 Å². The van der Waals surface area contributed by atoms with E-state index in [0.717, 1.165) is 33.5 Å². The van der Waals surface area contributed by atoms with Crippen molar-refractivity contribution in [2.75, 3.05) is 10.6 Å². The number of nitrogens with zero attached hydrogens (tertiary/aromatic N) is 2. The van der Waals surface area contributed by atoms with Crippen molar-refractivity contribution in [2.45, 2.75) is 33.1 Å². The summed E-state index contributed by atoms with van der Waals surface area (Å²) in [7, 11) is 0. The Balaban J connectivity index is 1.63. The molecule has 2 N–H and O–H groups in total. The maximum atomic E-state index is 12.4. The maximum Gasteiger partial charge on any atom is 0.230 e. The Morgan fingerprint density at radius 2 is 2.04 bits per heavy atom. The van der Waals surface area contributed by atoms with E-state index in [4.69, 9.17) is 0 Å². The maximum absolute atomic E-state index is 12.4. The molecular formula is C20H22N4OS. The SMILES string of the molecule is Cc1ccnc(Nc2nc(CC(=O)Nc3ccccc3C(C)C)cs2)c1. The van der Waals surface area contributed by atoms with E-state index in [1.807, 2.05) is 48.7 Å². The smallest absolute Gasteiger partial charge is 0.230 e. The summed E-state index contributed by atoms with van der Waals surface area (Å²) in [5.41, 5.74) is 3.87. The lowest BCUT2D eigenvalue weighted by molar-refractivity contribution is -0.115. The van der Waals surface area contributed by atoms with Gasteiger partial charge in [0.25, 0.3) is 0 Å². The Morgan fingerprint density at radius 3 is 2.81 bits per heavy atom. The number of hydrogen-bond acceptors (Lipinski definition) is 5. The third kappa shape index (κ3) is 4.67. The third-order valence-corrected chi connectivity index (χ3v) is 4.71. The molecule has 1 aromatic carbocycles. The first kappa shape index (κ1) is 18.1. The summed E-state index contributed by atoms with van der Waals surface area (Å²) in [6.07, 6.45) is 2.00. The van der Waals surface area contributed by atoms with E-state index < -0.39 is 0 Å². The molecule has 6 heteroatoms. The second-order valence-electron chi connectivity index (χ2n) is 6.45. The van der Waals surface area contributed by atoms with Crippen LogP contribution in [0, 0.1) is 6.92 Å². The lowest BCUT2D eigenvalue weighted by Crippen LogP contribution is -2.16. The van der Waals surface area contributed by atoms with Gasteiger partial charge < -0.3 is 10.6 Å². The van der Waals surface area contributed by atoms with E-state index in [0.29, 0.717) is 5.92 Å². The highest BCUT2D eigenvalue weighted by Gasteiger charge is 2.12. The van der Waals surface area contributed by atoms with Crippen molar-refractivity contribution in [3.05, 3.63) is 64.8 Å². The minimum Gasteiger partial charge on any atom is -0.325 e. The molecule has 26 heavy (non-hydrogen) atoms. The van der Waals surface area contributed by atoms with Gasteiger partial charge in [-0.25, -0.2) is 9.97 Å². The zero-order valence-corrected chi connectivity index (χ0v) is 15.9. The zero-order chi connectivity index (χ0) is 18.5. The van der Waals surface area contributed by atoms with Crippen LogP contribution in [0.25, 0.3) is 0 Å². The molecule has 0 aliphatic rings. The van der Waals surface area contributed by atoms with Gasteiger partial charge in [0, 0.05) is 17.3 Å². The van der Waals surface area contributed by atoms with Gasteiger partial charge in [0.15, 0.2) is 5.13 Å². The zero-order valence-electron chi connectivity index (χ0n) is 15.1. The molecule has 0 atom stereocenters. The fraction of sp³-hybridized carbons (Fsp3) is 0.250. The van der Waals surface area contributed by atoms with Crippen LogP contribution in [0.15, 0.2) is 48.0 Å². The number of rotatable bonds is 6. The molecule has 5 nitrogen and oxygen atoms in total. The first-order valence-electron chi connectivity index (χ1n) is 8.54. The monoisotopic (exact) mass is 366 g/mol. The quantitative estimate of drug-likeness (QED) is 0.651. The number of carbonyl (C=O) groups is 1. The standard InChI is InChI=1S/C20H22N4OS/c1-13(2)16-6-4-5-7-17(16)23-19(25)11-15-12-26-20(22-15)24-18-10-14(3)8-9-21-18/h4-10,12-13H,11H2,1-3H3,(H,23,25)(H,21,22,24). The number of hydrogen-bond donors (Lipinski definition) is 2. The van der Waals surface area contributed by atoms with E-state index in [1.54, 1.807) is 6.20 Å². The molecule has 0 aliphatic carbocycles. The molecule has 2 aromatic heterocycles. The van der Waals surface area contributed by atoms with Crippen LogP contribution in [-0.4, -0.2) is 15.9 Å². The Kier molecular flexibility index (Phi) is 5.63. The van der Waals surface area contributed by atoms with E-state index in [1.165, 1.54) is 11.3 Å². The van der Waals surface area contributed by atoms with Crippen molar-refractivity contribution >= 4 is 33.9 Å². The van der Waals surface area contributed by atoms with Gasteiger partial charge in [-0.1, -0.05) is 32.0 Å². The van der Waals surface area contributed by atoms with Gasteiger partial charge in [0.2, 0.25) is 5.91 Å². The van der Waals surface area contributed by atoms with Gasteiger partial charge >= 0.3 is 0 Å². The number of aromatic nitrogens is 2. The van der Waals surface area contributed by atoms with Crippen LogP contribution in [0.2, 0.25) is 0 Å². The average Bonchev–Trinajstić information content (AvgIpc) is 3.01. The van der Waals surface area contributed by atoms with Crippen molar-refractivity contribution in [1.29, 1.82) is 0 Å². The number of pyridine rings is 1. The normalized spacial score (nSPS) is 10.8. The summed E-state index contributed by atoms with van der Waals surface area (Å²) < 4.78 is 0. The number of nitrogens with one attached hydrogen (secondary N) is 2. The molecule has 0 saturated carbocycles. The molecule has 0 unspecified atom stereocenters. The molecule has 0 saturated heterocycles. The van der Waals surface area contributed by atoms with Gasteiger partial charge in [-0.3, -0.25) is 4.79 Å². The Morgan fingerprint density at radius 1 is 1.23 bits per heavy atom. The van der Waals surface area contributed by atoms with Gasteiger partial charge in [0.1, 0.15) is 5.82 Å². The minimum atomic E-state index is -0.0661. The average molecular weight is 366 g/mol. The van der Waals surface area contributed by atoms with E-state index in [9.17, 15) is 4.79 Å². The first-order chi connectivity index (χ1) is 12.5. The van der Waals surface area contributed by atoms with Gasteiger partial charge in [-0.15, -0.1) is 11.3 Å². The van der Waals surface area contributed by atoms with Crippen LogP contribution in [0.3, 0.4) is 0 Å². The molecule has 1 amide bonds. The summed E-state index contributed by atoms with van der Waals surface area (Å²) in [6, 6.07) is 11.8. The highest BCUT2D eigenvalue weighted by molar-refractivity contribution is 7.13. The second-order valence-corrected chi connectivity index (χ2v) is 7.31. The molecule has 0 bridgehead atoms. The summed E-state index contributed by atoms with van der Waals surface area (Å²) >= 11 is 1.46. The number of benzene rings is 1. The molecule has 3 aromatic rings. The van der Waals surface area contributed by atoms with Gasteiger partial charge in [-0.05, 0) is 42.2 Å². The number of para-hydroxylation sites is 1. The number of amides is 1. The van der Waals surface area contributed by atoms with E-state index in [2.05, 4.69) is 34.4 Å². The second kappa shape index (κ2) is 8.10. The summed E-state index contributed by atoms with van der Waals surface area (Å²) in [5.74, 6) is 1.04. The van der Waals surface area contributed by atoms with Crippen molar-refractivity contribution < 1.29 is 4.79 Å². The number of aryl methyl sites for hydroxylation is 1. The van der Waals surface area contributed by atoms with Crippen LogP contribution in [-0.2, 0) is 11.2 Å². The number of thiazole rings is 1. The predicted octanol–water partition coefficient (Wildman–Crippen LogP) is 4.89. The van der Waals surface area contributed by atoms with Crippen molar-refractivity contribution in [3.8, 4) is 0 Å². The predicted molar refractivity (Wildman–Crippen MR) is 107 cm³/mol. The highest BCUT2D eigenvalue weighted by Crippen LogP contribution is 2.24. The number of anilines is 3. The fourth-order valence-electron chi connectivity index (χ4n) is 2.63. The fourth-order valence-corrected chi connectivity index (χ4v) is 3.35. The molecule has 0 fully saturated rings. The Hall–Kier alpha value is -2.73. The van der Waals surface area contributed by atoms with Crippen LogP contribution in [0.1, 0.15) is 36.6 Å². The molecule has 134 valence electrons. The van der Waals surface area contributed by atoms with Crippen LogP contribution in [0.4, 0.5) is 16.6 Å². The number of carbonyl (C=O) groups excluding carboxylic acids is 1. The third-order valence-electron chi connectivity index (χ3n) is 3.90. The molecule has 3 rings (SSSR count). The van der Waals surface area contributed by atoms with Crippen molar-refractivity contribution in [1.82, 2.24) is 9.97 Å². The summed E-state index contributed by atoms with van der Waals surface area (Å²) in [4.78, 5) is 21.1. The van der Waals surface area contributed by atoms with Crippen LogP contribution >= 0.6 is 11.3 Å². The molecule has 0 radical (unpaired) electrons. The molecule has 0 spiro atoms. The van der Waals surface area contributed by atoms with Gasteiger partial charge in [-0.2, -0.15) is 0 Å². The Bertz CT molecular complexity index is 904. The molecule has 0 aliphatic heterocycles.